The molecule has 0 unspecified atom stereocenters. The van der Waals surface area contributed by atoms with Gasteiger partial charge in [-0.2, -0.15) is 0 Å². The van der Waals surface area contributed by atoms with Gasteiger partial charge >= 0.3 is 0 Å². The van der Waals surface area contributed by atoms with Crippen LogP contribution < -0.4 is 5.32 Å². The normalized spacial score (nSPS) is 16.8. The van der Waals surface area contributed by atoms with E-state index in [0.717, 1.165) is 27.8 Å². The van der Waals surface area contributed by atoms with Gasteiger partial charge in [0.05, 0.1) is 10.2 Å². The maximum absolute atomic E-state index is 13.0. The van der Waals surface area contributed by atoms with Crippen LogP contribution in [-0.4, -0.2) is 11.5 Å². The number of halogens is 1. The second-order valence-corrected chi connectivity index (χ2v) is 5.69. The zero-order chi connectivity index (χ0) is 11.7. The lowest BCUT2D eigenvalue weighted by molar-refractivity contribution is 0.580. The zero-order valence-electron chi connectivity index (χ0n) is 9.58. The van der Waals surface area contributed by atoms with Crippen molar-refractivity contribution >= 4 is 26.7 Å². The Hall–Kier alpha value is -1.16. The molecule has 0 spiro atoms. The molecule has 1 aromatic heterocycles. The van der Waals surface area contributed by atoms with E-state index in [-0.39, 0.29) is 5.82 Å². The summed E-state index contributed by atoms with van der Waals surface area (Å²) in [6.07, 6.45) is 5.37. The lowest BCUT2D eigenvalue weighted by Gasteiger charge is -2.08. The largest absolute Gasteiger partial charge is 0.361 e. The van der Waals surface area contributed by atoms with Crippen molar-refractivity contribution in [2.24, 2.45) is 5.92 Å². The van der Waals surface area contributed by atoms with Crippen LogP contribution in [0.4, 0.5) is 9.52 Å². The van der Waals surface area contributed by atoms with Crippen molar-refractivity contribution in [1.29, 1.82) is 0 Å². The third kappa shape index (κ3) is 2.41. The Morgan fingerprint density at radius 3 is 3.00 bits per heavy atom. The Labute approximate surface area is 104 Å². The smallest absolute Gasteiger partial charge is 0.183 e. The molecular weight excluding hydrogens is 235 g/mol. The van der Waals surface area contributed by atoms with E-state index in [2.05, 4.69) is 10.3 Å². The summed E-state index contributed by atoms with van der Waals surface area (Å²) in [5.41, 5.74) is 0.880. The van der Waals surface area contributed by atoms with E-state index in [1.165, 1.54) is 43.1 Å². The van der Waals surface area contributed by atoms with E-state index < -0.39 is 0 Å². The predicted octanol–water partition coefficient (Wildman–Crippen LogP) is 4.04. The number of benzene rings is 1. The predicted molar refractivity (Wildman–Crippen MR) is 70.0 cm³/mol. The van der Waals surface area contributed by atoms with E-state index in [1.54, 1.807) is 12.1 Å². The van der Waals surface area contributed by atoms with Gasteiger partial charge in [0, 0.05) is 6.54 Å². The van der Waals surface area contributed by atoms with Crippen molar-refractivity contribution < 1.29 is 4.39 Å². The first-order chi connectivity index (χ1) is 8.31. The van der Waals surface area contributed by atoms with Crippen molar-refractivity contribution in [3.8, 4) is 0 Å². The van der Waals surface area contributed by atoms with E-state index in [1.807, 2.05) is 0 Å². The molecule has 0 amide bonds. The molecule has 17 heavy (non-hydrogen) atoms. The number of rotatable bonds is 3. The number of fused-ring (bicyclic) bond motifs is 1. The third-order valence-corrected chi connectivity index (χ3v) is 4.34. The average Bonchev–Trinajstić information content (AvgIpc) is 2.94. The number of nitrogens with one attached hydrogen (secondary N) is 1. The second-order valence-electron chi connectivity index (χ2n) is 4.66. The first-order valence-electron chi connectivity index (χ1n) is 6.11. The van der Waals surface area contributed by atoms with Crippen LogP contribution in [0, 0.1) is 11.7 Å². The van der Waals surface area contributed by atoms with Gasteiger partial charge in [0.15, 0.2) is 5.13 Å². The fourth-order valence-corrected chi connectivity index (χ4v) is 3.32. The molecule has 0 aliphatic heterocycles. The van der Waals surface area contributed by atoms with Gasteiger partial charge in [-0.25, -0.2) is 9.37 Å². The molecule has 0 atom stereocenters. The Bertz CT molecular complexity index is 517. The first kappa shape index (κ1) is 11.0. The van der Waals surface area contributed by atoms with Crippen LogP contribution in [-0.2, 0) is 0 Å². The molecular formula is C13H15FN2S. The van der Waals surface area contributed by atoms with Gasteiger partial charge in [-0.1, -0.05) is 24.2 Å². The molecule has 0 saturated heterocycles. The molecule has 2 nitrogen and oxygen atoms in total. The van der Waals surface area contributed by atoms with Crippen molar-refractivity contribution in [3.05, 3.63) is 24.0 Å². The van der Waals surface area contributed by atoms with Gasteiger partial charge in [-0.05, 0) is 37.0 Å². The third-order valence-electron chi connectivity index (χ3n) is 3.37. The summed E-state index contributed by atoms with van der Waals surface area (Å²) < 4.78 is 14.0. The topological polar surface area (TPSA) is 24.9 Å². The summed E-state index contributed by atoms with van der Waals surface area (Å²) in [5.74, 6) is 0.599. The molecule has 1 heterocycles. The molecule has 3 rings (SSSR count). The Kier molecular flexibility index (Phi) is 2.97. The van der Waals surface area contributed by atoms with Gasteiger partial charge in [0.2, 0.25) is 0 Å². The molecule has 1 N–H and O–H groups in total. The summed E-state index contributed by atoms with van der Waals surface area (Å²) >= 11 is 1.53. The van der Waals surface area contributed by atoms with E-state index >= 15 is 0 Å². The molecule has 0 bridgehead atoms. The SMILES string of the molecule is Fc1ccc2nc(NCC3CCCC3)sc2c1. The number of hydrogen-bond acceptors (Lipinski definition) is 3. The number of thiazole rings is 1. The number of aromatic nitrogens is 1. The molecule has 1 aliphatic carbocycles. The van der Waals surface area contributed by atoms with Crippen LogP contribution in [0.2, 0.25) is 0 Å². The average molecular weight is 250 g/mol. The van der Waals surface area contributed by atoms with Gasteiger partial charge in [-0.15, -0.1) is 0 Å². The monoisotopic (exact) mass is 250 g/mol. The van der Waals surface area contributed by atoms with E-state index in [4.69, 9.17) is 0 Å². The van der Waals surface area contributed by atoms with Crippen molar-refractivity contribution in [3.63, 3.8) is 0 Å². The van der Waals surface area contributed by atoms with Crippen LogP contribution in [0.25, 0.3) is 10.2 Å². The van der Waals surface area contributed by atoms with Crippen LogP contribution in [0.1, 0.15) is 25.7 Å². The molecule has 1 aromatic carbocycles. The molecule has 1 fully saturated rings. The summed E-state index contributed by atoms with van der Waals surface area (Å²) in [6, 6.07) is 4.75. The molecule has 90 valence electrons. The highest BCUT2D eigenvalue weighted by Crippen LogP contribution is 2.29. The highest BCUT2D eigenvalue weighted by atomic mass is 32.1. The molecule has 0 radical (unpaired) electrons. The number of hydrogen-bond donors (Lipinski definition) is 1. The molecule has 2 aromatic rings. The molecule has 1 aliphatic rings. The molecule has 4 heteroatoms. The minimum Gasteiger partial charge on any atom is -0.361 e. The second kappa shape index (κ2) is 4.61. The first-order valence-corrected chi connectivity index (χ1v) is 6.93. The number of nitrogens with zero attached hydrogens (tertiary/aromatic N) is 1. The Balaban J connectivity index is 1.72. The highest BCUT2D eigenvalue weighted by Gasteiger charge is 2.15. The maximum atomic E-state index is 13.0. The Morgan fingerprint density at radius 1 is 1.35 bits per heavy atom. The molecule has 1 saturated carbocycles. The van der Waals surface area contributed by atoms with Crippen LogP contribution >= 0.6 is 11.3 Å². The number of anilines is 1. The minimum absolute atomic E-state index is 0.191. The Morgan fingerprint density at radius 2 is 2.18 bits per heavy atom. The van der Waals surface area contributed by atoms with Crippen LogP contribution in [0.15, 0.2) is 18.2 Å². The van der Waals surface area contributed by atoms with E-state index in [0.29, 0.717) is 0 Å². The standard InChI is InChI=1S/C13H15FN2S/c14-10-5-6-11-12(7-10)17-13(16-11)15-8-9-3-1-2-4-9/h5-7,9H,1-4,8H2,(H,15,16). The fraction of sp³-hybridized carbons (Fsp3) is 0.462. The lowest BCUT2D eigenvalue weighted by atomic mass is 10.1. The van der Waals surface area contributed by atoms with Gasteiger partial charge in [-0.3, -0.25) is 0 Å². The van der Waals surface area contributed by atoms with Gasteiger partial charge < -0.3 is 5.32 Å². The summed E-state index contributed by atoms with van der Waals surface area (Å²) in [4.78, 5) is 4.46. The van der Waals surface area contributed by atoms with Gasteiger partial charge in [0.25, 0.3) is 0 Å². The summed E-state index contributed by atoms with van der Waals surface area (Å²) in [5, 5.41) is 4.29. The summed E-state index contributed by atoms with van der Waals surface area (Å²) in [6.45, 7) is 1.00. The quantitative estimate of drug-likeness (QED) is 0.889. The van der Waals surface area contributed by atoms with E-state index in [9.17, 15) is 4.39 Å². The zero-order valence-corrected chi connectivity index (χ0v) is 10.4. The van der Waals surface area contributed by atoms with Crippen molar-refractivity contribution in [2.45, 2.75) is 25.7 Å². The van der Waals surface area contributed by atoms with Gasteiger partial charge in [0.1, 0.15) is 5.82 Å². The highest BCUT2D eigenvalue weighted by molar-refractivity contribution is 7.22. The van der Waals surface area contributed by atoms with Crippen LogP contribution in [0.3, 0.4) is 0 Å². The maximum Gasteiger partial charge on any atom is 0.183 e. The fourth-order valence-electron chi connectivity index (χ4n) is 2.42. The lowest BCUT2D eigenvalue weighted by Crippen LogP contribution is -2.10. The minimum atomic E-state index is -0.191. The summed E-state index contributed by atoms with van der Waals surface area (Å²) in [7, 11) is 0. The van der Waals surface area contributed by atoms with Crippen molar-refractivity contribution in [1.82, 2.24) is 4.98 Å². The van der Waals surface area contributed by atoms with Crippen LogP contribution in [0.5, 0.6) is 0 Å². The van der Waals surface area contributed by atoms with Crippen molar-refractivity contribution in [2.75, 3.05) is 11.9 Å².